The molecule has 0 aromatic rings. The van der Waals surface area contributed by atoms with Crippen LogP contribution in [0, 0.1) is 0 Å². The Labute approximate surface area is 67.7 Å². The lowest BCUT2D eigenvalue weighted by Gasteiger charge is -1.88. The maximum Gasteiger partial charge on any atom is 0.0345 e. The lowest BCUT2D eigenvalue weighted by Crippen LogP contribution is -2.19. The van der Waals surface area contributed by atoms with Crippen LogP contribution in [-0.4, -0.2) is 6.54 Å². The van der Waals surface area contributed by atoms with Crippen LogP contribution in [0.2, 0.25) is 0 Å². The van der Waals surface area contributed by atoms with E-state index in [1.165, 1.54) is 12.8 Å². The highest BCUT2D eigenvalue weighted by Crippen LogP contribution is 1.98. The first-order chi connectivity index (χ1) is 5.50. The highest BCUT2D eigenvalue weighted by Gasteiger charge is 1.78. The van der Waals surface area contributed by atoms with Crippen LogP contribution >= 0.6 is 0 Å². The number of nitrogens with one attached hydrogen (secondary N) is 2. The van der Waals surface area contributed by atoms with Gasteiger partial charge in [-0.15, -0.1) is 0 Å². The summed E-state index contributed by atoms with van der Waals surface area (Å²) in [6.45, 7) is 0.958. The molecule has 0 bridgehead atoms. The van der Waals surface area contributed by atoms with E-state index in [2.05, 4.69) is 35.2 Å². The summed E-state index contributed by atoms with van der Waals surface area (Å²) in [4.78, 5) is 0. The van der Waals surface area contributed by atoms with Crippen molar-refractivity contribution in [2.24, 2.45) is 0 Å². The minimum absolute atomic E-state index is 0.958. The first-order valence-electron chi connectivity index (χ1n) is 3.95. The standard InChI is InChI=1S/C6H8.C3H6N2/c1-2-4-6-5-3-1;1-2-4-5-3-1/h1-4H,5-6H2;1-2,4-5H,3H2. The zero-order valence-electron chi connectivity index (χ0n) is 6.59. The Morgan fingerprint density at radius 3 is 1.82 bits per heavy atom. The molecule has 0 amide bonds. The van der Waals surface area contributed by atoms with Gasteiger partial charge >= 0.3 is 0 Å². The predicted octanol–water partition coefficient (Wildman–Crippen LogP) is 1.50. The first kappa shape index (κ1) is 8.08. The topological polar surface area (TPSA) is 24.1 Å². The van der Waals surface area contributed by atoms with Crippen LogP contribution in [0.15, 0.2) is 36.6 Å². The maximum atomic E-state index is 2.86. The van der Waals surface area contributed by atoms with Gasteiger partial charge in [0.25, 0.3) is 0 Å². The van der Waals surface area contributed by atoms with Gasteiger partial charge in [0.2, 0.25) is 0 Å². The van der Waals surface area contributed by atoms with Crippen molar-refractivity contribution in [3.8, 4) is 0 Å². The number of hydrazine groups is 1. The fraction of sp³-hybridized carbons (Fsp3) is 0.333. The lowest BCUT2D eigenvalue weighted by atomic mass is 10.2. The maximum absolute atomic E-state index is 2.86. The molecule has 1 heterocycles. The average Bonchev–Trinajstić information content (AvgIpc) is 2.64. The van der Waals surface area contributed by atoms with Crippen molar-refractivity contribution in [3.63, 3.8) is 0 Å². The lowest BCUT2D eigenvalue weighted by molar-refractivity contribution is 0.727. The summed E-state index contributed by atoms with van der Waals surface area (Å²) in [5.74, 6) is 0. The first-order valence-corrected chi connectivity index (χ1v) is 3.95. The van der Waals surface area contributed by atoms with E-state index in [4.69, 9.17) is 0 Å². The largest absolute Gasteiger partial charge is 0.329 e. The van der Waals surface area contributed by atoms with Gasteiger partial charge in [0, 0.05) is 12.7 Å². The van der Waals surface area contributed by atoms with Gasteiger partial charge in [0.15, 0.2) is 0 Å². The van der Waals surface area contributed by atoms with Crippen LogP contribution in [0.4, 0.5) is 0 Å². The molecule has 2 aliphatic rings. The molecule has 0 atom stereocenters. The fourth-order valence-electron chi connectivity index (χ4n) is 0.837. The molecule has 0 aromatic heterocycles. The van der Waals surface area contributed by atoms with Crippen molar-refractivity contribution in [1.82, 2.24) is 10.9 Å². The monoisotopic (exact) mass is 150 g/mol. The quantitative estimate of drug-likeness (QED) is 0.547. The second-order valence-electron chi connectivity index (χ2n) is 2.36. The van der Waals surface area contributed by atoms with Gasteiger partial charge in [0.1, 0.15) is 0 Å². The molecule has 1 aliphatic heterocycles. The minimum Gasteiger partial charge on any atom is -0.329 e. The Hall–Kier alpha value is -1.02. The Morgan fingerprint density at radius 1 is 0.909 bits per heavy atom. The third-order valence-electron chi connectivity index (χ3n) is 1.41. The molecule has 0 fully saturated rings. The summed E-state index contributed by atoms with van der Waals surface area (Å²) in [6, 6.07) is 0. The summed E-state index contributed by atoms with van der Waals surface area (Å²) in [6.07, 6.45) is 14.9. The third kappa shape index (κ3) is 4.39. The van der Waals surface area contributed by atoms with Gasteiger partial charge in [-0.3, -0.25) is 0 Å². The zero-order valence-corrected chi connectivity index (χ0v) is 6.59. The van der Waals surface area contributed by atoms with E-state index in [9.17, 15) is 0 Å². The van der Waals surface area contributed by atoms with E-state index in [1.54, 1.807) is 0 Å². The molecule has 0 saturated heterocycles. The second kappa shape index (κ2) is 5.74. The molecule has 0 spiro atoms. The molecule has 11 heavy (non-hydrogen) atoms. The number of hydrogen-bond donors (Lipinski definition) is 2. The third-order valence-corrected chi connectivity index (χ3v) is 1.41. The fourth-order valence-corrected chi connectivity index (χ4v) is 0.837. The molecule has 0 aromatic carbocycles. The molecule has 2 rings (SSSR count). The van der Waals surface area contributed by atoms with Crippen LogP contribution in [0.1, 0.15) is 12.8 Å². The highest BCUT2D eigenvalue weighted by molar-refractivity contribution is 5.07. The SMILES string of the molecule is C1=CCCC=C1.C1=CNNC1. The smallest absolute Gasteiger partial charge is 0.0345 e. The van der Waals surface area contributed by atoms with Crippen LogP contribution in [0.5, 0.6) is 0 Å². The normalized spacial score (nSPS) is 18.9. The molecule has 0 radical (unpaired) electrons. The van der Waals surface area contributed by atoms with E-state index in [0.717, 1.165) is 6.54 Å². The molecule has 60 valence electrons. The van der Waals surface area contributed by atoms with Crippen LogP contribution in [0.25, 0.3) is 0 Å². The summed E-state index contributed by atoms with van der Waals surface area (Å²) in [5.41, 5.74) is 5.65. The Bertz CT molecular complexity index is 150. The van der Waals surface area contributed by atoms with E-state index >= 15 is 0 Å². The number of allylic oxidation sites excluding steroid dienone is 4. The Morgan fingerprint density at radius 2 is 1.64 bits per heavy atom. The molecule has 1 aliphatic carbocycles. The van der Waals surface area contributed by atoms with Crippen LogP contribution in [0.3, 0.4) is 0 Å². The van der Waals surface area contributed by atoms with Gasteiger partial charge in [0.05, 0.1) is 0 Å². The summed E-state index contributed by atoms with van der Waals surface area (Å²) in [7, 11) is 0. The predicted molar refractivity (Wildman–Crippen MR) is 47.8 cm³/mol. The van der Waals surface area contributed by atoms with Gasteiger partial charge in [-0.25, -0.2) is 5.43 Å². The van der Waals surface area contributed by atoms with Crippen molar-refractivity contribution in [2.75, 3.05) is 6.54 Å². The average molecular weight is 150 g/mol. The van der Waals surface area contributed by atoms with Crippen LogP contribution in [-0.2, 0) is 0 Å². The number of hydrogen-bond acceptors (Lipinski definition) is 2. The van der Waals surface area contributed by atoms with E-state index in [0.29, 0.717) is 0 Å². The van der Waals surface area contributed by atoms with Gasteiger partial charge < -0.3 is 5.43 Å². The van der Waals surface area contributed by atoms with E-state index < -0.39 is 0 Å². The van der Waals surface area contributed by atoms with Gasteiger partial charge in [-0.05, 0) is 12.8 Å². The summed E-state index contributed by atoms with van der Waals surface area (Å²) in [5, 5.41) is 0. The summed E-state index contributed by atoms with van der Waals surface area (Å²) >= 11 is 0. The molecular formula is C9H14N2. The van der Waals surface area contributed by atoms with Gasteiger partial charge in [-0.1, -0.05) is 30.4 Å². The Balaban J connectivity index is 0.000000112. The van der Waals surface area contributed by atoms with Gasteiger partial charge in [-0.2, -0.15) is 0 Å². The highest BCUT2D eigenvalue weighted by atomic mass is 15.4. The van der Waals surface area contributed by atoms with E-state index in [1.807, 2.05) is 12.3 Å². The molecule has 2 N–H and O–H groups in total. The van der Waals surface area contributed by atoms with Crippen molar-refractivity contribution >= 4 is 0 Å². The van der Waals surface area contributed by atoms with Crippen molar-refractivity contribution in [2.45, 2.75) is 12.8 Å². The molecular weight excluding hydrogens is 136 g/mol. The van der Waals surface area contributed by atoms with Crippen LogP contribution < -0.4 is 10.9 Å². The van der Waals surface area contributed by atoms with Crippen molar-refractivity contribution < 1.29 is 0 Å². The van der Waals surface area contributed by atoms with E-state index in [-0.39, 0.29) is 0 Å². The number of rotatable bonds is 0. The molecule has 0 saturated carbocycles. The second-order valence-corrected chi connectivity index (χ2v) is 2.36. The minimum atomic E-state index is 0.958. The van der Waals surface area contributed by atoms with Crippen molar-refractivity contribution in [1.29, 1.82) is 0 Å². The zero-order chi connectivity index (χ0) is 7.78. The molecule has 2 nitrogen and oxygen atoms in total. The Kier molecular flexibility index (Phi) is 4.22. The van der Waals surface area contributed by atoms with Crippen molar-refractivity contribution in [3.05, 3.63) is 36.6 Å². The molecule has 0 unspecified atom stereocenters. The molecule has 2 heteroatoms. The summed E-state index contributed by atoms with van der Waals surface area (Å²) < 4.78 is 0.